The third-order valence-electron chi connectivity index (χ3n) is 3.85. The van der Waals surface area contributed by atoms with Crippen LogP contribution in [-0.4, -0.2) is 32.3 Å². The van der Waals surface area contributed by atoms with E-state index in [9.17, 15) is 14.4 Å². The van der Waals surface area contributed by atoms with Crippen molar-refractivity contribution in [1.82, 2.24) is 14.8 Å². The van der Waals surface area contributed by atoms with Crippen LogP contribution in [0.15, 0.2) is 52.5 Å². The molecule has 0 radical (unpaired) electrons. The van der Waals surface area contributed by atoms with Crippen molar-refractivity contribution in [1.29, 1.82) is 0 Å². The van der Waals surface area contributed by atoms with E-state index in [-0.39, 0.29) is 22.5 Å². The molecule has 0 saturated heterocycles. The molecule has 0 aliphatic carbocycles. The lowest BCUT2D eigenvalue weighted by Crippen LogP contribution is -2.30. The van der Waals surface area contributed by atoms with Gasteiger partial charge >= 0.3 is 0 Å². The van der Waals surface area contributed by atoms with Crippen LogP contribution in [0.25, 0.3) is 0 Å². The highest BCUT2D eigenvalue weighted by Crippen LogP contribution is 2.27. The van der Waals surface area contributed by atoms with Crippen molar-refractivity contribution in [2.24, 2.45) is 0 Å². The summed E-state index contributed by atoms with van der Waals surface area (Å²) < 4.78 is 1.09. The summed E-state index contributed by atoms with van der Waals surface area (Å²) in [4.78, 5) is 37.0. The number of thioether (sulfide) groups is 1. The molecule has 0 fully saturated rings. The zero-order valence-corrected chi connectivity index (χ0v) is 19.8. The summed E-state index contributed by atoms with van der Waals surface area (Å²) in [6.45, 7) is -0.374. The topological polar surface area (TPSA) is 106 Å². The van der Waals surface area contributed by atoms with Gasteiger partial charge in [-0.1, -0.05) is 58.2 Å². The first-order chi connectivity index (χ1) is 15.2. The van der Waals surface area contributed by atoms with E-state index in [0.29, 0.717) is 26.4 Å². The van der Waals surface area contributed by atoms with Crippen LogP contribution in [0.1, 0.15) is 0 Å². The Morgan fingerprint density at radius 2 is 1.47 bits per heavy atom. The first-order valence-electron chi connectivity index (χ1n) is 8.78. The van der Waals surface area contributed by atoms with Gasteiger partial charge in [0.2, 0.25) is 11.8 Å². The van der Waals surface area contributed by atoms with Gasteiger partial charge in [-0.05, 0) is 36.4 Å². The molecule has 166 valence electrons. The maximum absolute atomic E-state index is 12.5. The monoisotopic (exact) mass is 531 g/mol. The number of nitrogens with zero attached hydrogens (tertiary/aromatic N) is 3. The third-order valence-corrected chi connectivity index (χ3v) is 5.94. The van der Waals surface area contributed by atoms with Gasteiger partial charge in [0.05, 0.1) is 27.2 Å². The molecule has 0 aliphatic rings. The SMILES string of the molecule is O=C(CSc1nncc(=O)n1CC(=O)Nc1cc(Cl)ccc1Cl)Nc1cc(Cl)ccc1Cl. The highest BCUT2D eigenvalue weighted by atomic mass is 35.5. The second kappa shape index (κ2) is 11.0. The molecule has 0 saturated carbocycles. The van der Waals surface area contributed by atoms with Crippen LogP contribution in [0.4, 0.5) is 11.4 Å². The summed E-state index contributed by atoms with van der Waals surface area (Å²) in [7, 11) is 0. The standard InChI is InChI=1S/C19H13Cl4N5O3S/c20-10-1-3-12(22)14(5-10)25-16(29)8-28-18(31)7-24-27-19(28)32-9-17(30)26-15-6-11(21)2-4-13(15)23/h1-7H,8-9H2,(H,25,29)(H,26,30). The van der Waals surface area contributed by atoms with Crippen molar-refractivity contribution in [2.75, 3.05) is 16.4 Å². The van der Waals surface area contributed by atoms with E-state index in [1.54, 1.807) is 18.2 Å². The van der Waals surface area contributed by atoms with Crippen LogP contribution in [-0.2, 0) is 16.1 Å². The predicted octanol–water partition coefficient (Wildman–Crippen LogP) is 4.62. The van der Waals surface area contributed by atoms with Crippen molar-refractivity contribution in [3.05, 3.63) is 73.0 Å². The number of hydrogen-bond donors (Lipinski definition) is 2. The van der Waals surface area contributed by atoms with E-state index in [1.807, 2.05) is 0 Å². The number of aromatic nitrogens is 3. The van der Waals surface area contributed by atoms with Crippen LogP contribution in [0.3, 0.4) is 0 Å². The molecule has 0 unspecified atom stereocenters. The number of benzene rings is 2. The molecular weight excluding hydrogens is 520 g/mol. The number of carbonyl (C=O) groups is 2. The van der Waals surface area contributed by atoms with Crippen molar-refractivity contribution < 1.29 is 9.59 Å². The second-order valence-corrected chi connectivity index (χ2v) is 8.81. The minimum Gasteiger partial charge on any atom is -0.324 e. The Hall–Kier alpha value is -2.30. The minimum atomic E-state index is -0.562. The summed E-state index contributed by atoms with van der Waals surface area (Å²) in [5, 5.41) is 14.2. The average molecular weight is 533 g/mol. The lowest BCUT2D eigenvalue weighted by atomic mass is 10.3. The molecule has 0 spiro atoms. The summed E-state index contributed by atoms with van der Waals surface area (Å²) in [6.07, 6.45) is 0.968. The fraction of sp³-hybridized carbons (Fsp3) is 0.105. The minimum absolute atomic E-state index is 0.0807. The molecule has 2 N–H and O–H groups in total. The lowest BCUT2D eigenvalue weighted by molar-refractivity contribution is -0.117. The van der Waals surface area contributed by atoms with Crippen LogP contribution in [0.5, 0.6) is 0 Å². The molecule has 0 aliphatic heterocycles. The van der Waals surface area contributed by atoms with Gasteiger partial charge in [-0.3, -0.25) is 19.0 Å². The Bertz CT molecular complexity index is 1240. The van der Waals surface area contributed by atoms with Gasteiger partial charge < -0.3 is 10.6 Å². The van der Waals surface area contributed by atoms with E-state index < -0.39 is 17.4 Å². The van der Waals surface area contributed by atoms with Crippen LogP contribution < -0.4 is 16.2 Å². The smallest absolute Gasteiger partial charge is 0.273 e. The number of hydrogen-bond acceptors (Lipinski definition) is 6. The molecule has 1 aromatic heterocycles. The summed E-state index contributed by atoms with van der Waals surface area (Å²) >= 11 is 24.8. The van der Waals surface area contributed by atoms with Crippen LogP contribution in [0.2, 0.25) is 20.1 Å². The van der Waals surface area contributed by atoms with Gasteiger partial charge in [-0.15, -0.1) is 5.10 Å². The van der Waals surface area contributed by atoms with Gasteiger partial charge in [0, 0.05) is 10.0 Å². The first-order valence-corrected chi connectivity index (χ1v) is 11.3. The van der Waals surface area contributed by atoms with Crippen molar-refractivity contribution in [3.63, 3.8) is 0 Å². The summed E-state index contributed by atoms with van der Waals surface area (Å²) in [6, 6.07) is 9.25. The van der Waals surface area contributed by atoms with Gasteiger partial charge in [-0.2, -0.15) is 5.10 Å². The number of carbonyl (C=O) groups excluding carboxylic acids is 2. The molecule has 13 heteroatoms. The maximum Gasteiger partial charge on any atom is 0.273 e. The van der Waals surface area contributed by atoms with E-state index in [2.05, 4.69) is 20.8 Å². The van der Waals surface area contributed by atoms with Crippen molar-refractivity contribution in [2.45, 2.75) is 11.7 Å². The van der Waals surface area contributed by atoms with E-state index in [1.165, 1.54) is 18.2 Å². The fourth-order valence-electron chi connectivity index (χ4n) is 2.43. The van der Waals surface area contributed by atoms with Gasteiger partial charge in [-0.25, -0.2) is 0 Å². The summed E-state index contributed by atoms with van der Waals surface area (Å²) in [5.41, 5.74) is 0.0819. The largest absolute Gasteiger partial charge is 0.324 e. The number of amides is 2. The van der Waals surface area contributed by atoms with Crippen molar-refractivity contribution >= 4 is 81.4 Å². The number of anilines is 2. The molecule has 8 nitrogen and oxygen atoms in total. The maximum atomic E-state index is 12.5. The predicted molar refractivity (Wildman–Crippen MR) is 127 cm³/mol. The first kappa shape index (κ1) is 24.3. The normalized spacial score (nSPS) is 10.6. The molecule has 2 amide bonds. The third kappa shape index (κ3) is 6.60. The zero-order valence-electron chi connectivity index (χ0n) is 15.9. The molecular formula is C19H13Cl4N5O3S. The highest BCUT2D eigenvalue weighted by molar-refractivity contribution is 7.99. The molecule has 3 aromatic rings. The molecule has 32 heavy (non-hydrogen) atoms. The zero-order chi connectivity index (χ0) is 23.3. The van der Waals surface area contributed by atoms with E-state index in [0.717, 1.165) is 22.5 Å². The quantitative estimate of drug-likeness (QED) is 0.430. The Balaban J connectivity index is 1.68. The number of nitrogens with one attached hydrogen (secondary N) is 2. The lowest BCUT2D eigenvalue weighted by Gasteiger charge is -2.12. The van der Waals surface area contributed by atoms with Crippen LogP contribution in [0, 0.1) is 0 Å². The van der Waals surface area contributed by atoms with E-state index in [4.69, 9.17) is 46.4 Å². The number of rotatable bonds is 7. The van der Waals surface area contributed by atoms with Crippen molar-refractivity contribution in [3.8, 4) is 0 Å². The van der Waals surface area contributed by atoms with E-state index >= 15 is 0 Å². The fourth-order valence-corrected chi connectivity index (χ4v) is 3.86. The molecule has 2 aromatic carbocycles. The van der Waals surface area contributed by atoms with Gasteiger partial charge in [0.25, 0.3) is 5.56 Å². The highest BCUT2D eigenvalue weighted by Gasteiger charge is 2.15. The Labute approximate surface area is 206 Å². The molecule has 0 atom stereocenters. The Morgan fingerprint density at radius 1 is 0.906 bits per heavy atom. The average Bonchev–Trinajstić information content (AvgIpc) is 2.74. The second-order valence-electron chi connectivity index (χ2n) is 6.18. The molecule has 1 heterocycles. The van der Waals surface area contributed by atoms with Crippen LogP contribution >= 0.6 is 58.2 Å². The Kier molecular flexibility index (Phi) is 8.38. The van der Waals surface area contributed by atoms with Gasteiger partial charge in [0.15, 0.2) is 5.16 Å². The molecule has 0 bridgehead atoms. The Morgan fingerprint density at radius 3 is 2.06 bits per heavy atom. The number of halogens is 4. The summed E-state index contributed by atoms with van der Waals surface area (Å²) in [5.74, 6) is -1.08. The van der Waals surface area contributed by atoms with Gasteiger partial charge in [0.1, 0.15) is 12.7 Å². The molecule has 3 rings (SSSR count).